The first-order valence-electron chi connectivity index (χ1n) is 6.04. The number of halogens is 1. The Kier molecular flexibility index (Phi) is 5.43. The van der Waals surface area contributed by atoms with E-state index in [4.69, 9.17) is 0 Å². The first-order valence-corrected chi connectivity index (χ1v) is 6.04. The van der Waals surface area contributed by atoms with E-state index in [1.165, 1.54) is 6.42 Å². The number of hydrogen-bond acceptors (Lipinski definition) is 2. The summed E-state index contributed by atoms with van der Waals surface area (Å²) in [4.78, 5) is 6.65. The summed E-state index contributed by atoms with van der Waals surface area (Å²) in [5.74, 6) is 0.977. The van der Waals surface area contributed by atoms with Crippen LogP contribution in [0, 0.1) is 5.41 Å². The molecular formula is C12H22IN5. The number of aromatic amines is 1. The van der Waals surface area contributed by atoms with Gasteiger partial charge in [-0.05, 0) is 17.9 Å². The number of H-pyrrole nitrogens is 1. The van der Waals surface area contributed by atoms with Crippen LogP contribution in [-0.2, 0) is 6.54 Å². The Morgan fingerprint density at radius 3 is 2.89 bits per heavy atom. The lowest BCUT2D eigenvalue weighted by Gasteiger charge is -2.23. The van der Waals surface area contributed by atoms with E-state index in [0.29, 0.717) is 5.41 Å². The molecule has 2 rings (SSSR count). The highest BCUT2D eigenvalue weighted by atomic mass is 127. The minimum atomic E-state index is 0. The maximum Gasteiger partial charge on any atom is 0.193 e. The van der Waals surface area contributed by atoms with Gasteiger partial charge < -0.3 is 10.2 Å². The fraction of sp³-hybridized carbons (Fsp3) is 0.667. The minimum absolute atomic E-state index is 0. The summed E-state index contributed by atoms with van der Waals surface area (Å²) in [6, 6.07) is 1.97. The van der Waals surface area contributed by atoms with Crippen LogP contribution in [0.2, 0.25) is 0 Å². The number of hydrogen-bond donors (Lipinski definition) is 2. The summed E-state index contributed by atoms with van der Waals surface area (Å²) >= 11 is 0. The van der Waals surface area contributed by atoms with Crippen LogP contribution in [0.1, 0.15) is 26.0 Å². The lowest BCUT2D eigenvalue weighted by atomic mass is 9.93. The van der Waals surface area contributed by atoms with Crippen LogP contribution in [-0.4, -0.2) is 41.2 Å². The first-order chi connectivity index (χ1) is 8.11. The first kappa shape index (κ1) is 15.3. The largest absolute Gasteiger partial charge is 0.351 e. The normalized spacial score (nSPS) is 18.6. The molecule has 0 amide bonds. The van der Waals surface area contributed by atoms with Gasteiger partial charge in [-0.1, -0.05) is 13.8 Å². The van der Waals surface area contributed by atoms with Gasteiger partial charge in [-0.2, -0.15) is 5.10 Å². The molecule has 0 atom stereocenters. The van der Waals surface area contributed by atoms with Crippen molar-refractivity contribution in [1.29, 1.82) is 0 Å². The standard InChI is InChI=1S/C12H21N5.HI/c1-12(2)5-7-17(9-12)11(13-3)14-8-10-4-6-15-16-10;/h4,6H,5,7-9H2,1-3H3,(H,13,14)(H,15,16);1H. The van der Waals surface area contributed by atoms with E-state index in [1.807, 2.05) is 13.1 Å². The molecule has 102 valence electrons. The molecule has 1 aromatic heterocycles. The summed E-state index contributed by atoms with van der Waals surface area (Å²) in [7, 11) is 1.83. The monoisotopic (exact) mass is 363 g/mol. The van der Waals surface area contributed by atoms with E-state index in [9.17, 15) is 0 Å². The van der Waals surface area contributed by atoms with E-state index in [-0.39, 0.29) is 24.0 Å². The van der Waals surface area contributed by atoms with E-state index in [1.54, 1.807) is 6.20 Å². The zero-order valence-corrected chi connectivity index (χ0v) is 13.6. The average molecular weight is 363 g/mol. The molecule has 0 spiro atoms. The average Bonchev–Trinajstić information content (AvgIpc) is 2.89. The van der Waals surface area contributed by atoms with Crippen LogP contribution in [0.25, 0.3) is 0 Å². The van der Waals surface area contributed by atoms with Gasteiger partial charge in [0.15, 0.2) is 5.96 Å². The molecule has 0 bridgehead atoms. The smallest absolute Gasteiger partial charge is 0.193 e. The molecule has 6 heteroatoms. The second-order valence-corrected chi connectivity index (χ2v) is 5.32. The highest BCUT2D eigenvalue weighted by Crippen LogP contribution is 2.28. The van der Waals surface area contributed by atoms with Gasteiger partial charge in [0, 0.05) is 26.3 Å². The van der Waals surface area contributed by atoms with Crippen molar-refractivity contribution in [1.82, 2.24) is 20.4 Å². The summed E-state index contributed by atoms with van der Waals surface area (Å²) in [5.41, 5.74) is 1.47. The second kappa shape index (κ2) is 6.40. The lowest BCUT2D eigenvalue weighted by molar-refractivity contribution is 0.370. The highest BCUT2D eigenvalue weighted by Gasteiger charge is 2.30. The molecule has 0 aromatic carbocycles. The number of nitrogens with zero attached hydrogens (tertiary/aromatic N) is 3. The third kappa shape index (κ3) is 3.86. The van der Waals surface area contributed by atoms with E-state index < -0.39 is 0 Å². The molecule has 1 aromatic rings. The molecule has 5 nitrogen and oxygen atoms in total. The molecular weight excluding hydrogens is 341 g/mol. The van der Waals surface area contributed by atoms with Crippen LogP contribution in [0.5, 0.6) is 0 Å². The molecule has 1 aliphatic heterocycles. The van der Waals surface area contributed by atoms with Crippen molar-refractivity contribution in [3.8, 4) is 0 Å². The van der Waals surface area contributed by atoms with Gasteiger partial charge >= 0.3 is 0 Å². The fourth-order valence-electron chi connectivity index (χ4n) is 2.18. The van der Waals surface area contributed by atoms with Crippen LogP contribution < -0.4 is 5.32 Å². The quantitative estimate of drug-likeness (QED) is 0.479. The number of likely N-dealkylation sites (tertiary alicyclic amines) is 1. The third-order valence-electron chi connectivity index (χ3n) is 3.18. The topological polar surface area (TPSA) is 56.3 Å². The van der Waals surface area contributed by atoms with Crippen molar-refractivity contribution in [2.24, 2.45) is 10.4 Å². The summed E-state index contributed by atoms with van der Waals surface area (Å²) < 4.78 is 0. The number of aliphatic imine (C=N–C) groups is 1. The van der Waals surface area contributed by atoms with Gasteiger partial charge in [0.25, 0.3) is 0 Å². The van der Waals surface area contributed by atoms with Crippen LogP contribution >= 0.6 is 24.0 Å². The summed E-state index contributed by atoms with van der Waals surface area (Å²) in [6.07, 6.45) is 2.98. The van der Waals surface area contributed by atoms with Gasteiger partial charge in [-0.3, -0.25) is 10.1 Å². The molecule has 1 saturated heterocycles. The van der Waals surface area contributed by atoms with Crippen LogP contribution in [0.3, 0.4) is 0 Å². The zero-order valence-electron chi connectivity index (χ0n) is 11.2. The van der Waals surface area contributed by atoms with Crippen molar-refractivity contribution in [2.75, 3.05) is 20.1 Å². The second-order valence-electron chi connectivity index (χ2n) is 5.32. The molecule has 0 unspecified atom stereocenters. The van der Waals surface area contributed by atoms with Gasteiger partial charge in [0.05, 0.1) is 12.2 Å². The fourth-order valence-corrected chi connectivity index (χ4v) is 2.18. The Bertz CT molecular complexity index is 385. The van der Waals surface area contributed by atoms with Crippen molar-refractivity contribution >= 4 is 29.9 Å². The SMILES string of the molecule is CN=C(NCc1ccn[nH]1)N1CCC(C)(C)C1.I. The maximum absolute atomic E-state index is 4.33. The van der Waals surface area contributed by atoms with Gasteiger partial charge in [-0.15, -0.1) is 24.0 Å². The predicted octanol–water partition coefficient (Wildman–Crippen LogP) is 1.83. The van der Waals surface area contributed by atoms with Crippen molar-refractivity contribution in [2.45, 2.75) is 26.8 Å². The minimum Gasteiger partial charge on any atom is -0.351 e. The predicted molar refractivity (Wildman–Crippen MR) is 84.2 cm³/mol. The number of aromatic nitrogens is 2. The summed E-state index contributed by atoms with van der Waals surface area (Å²) in [5, 5.41) is 10.2. The van der Waals surface area contributed by atoms with Crippen LogP contribution in [0.4, 0.5) is 0 Å². The number of nitrogens with one attached hydrogen (secondary N) is 2. The van der Waals surface area contributed by atoms with Gasteiger partial charge in [0.2, 0.25) is 0 Å². The van der Waals surface area contributed by atoms with Crippen molar-refractivity contribution in [3.05, 3.63) is 18.0 Å². The molecule has 18 heavy (non-hydrogen) atoms. The lowest BCUT2D eigenvalue weighted by Crippen LogP contribution is -2.40. The third-order valence-corrected chi connectivity index (χ3v) is 3.18. The molecule has 1 fully saturated rings. The molecule has 2 heterocycles. The van der Waals surface area contributed by atoms with E-state index >= 15 is 0 Å². The number of guanidine groups is 1. The maximum atomic E-state index is 4.33. The van der Waals surface area contributed by atoms with Gasteiger partial charge in [-0.25, -0.2) is 0 Å². The Morgan fingerprint density at radius 2 is 2.39 bits per heavy atom. The Balaban J connectivity index is 0.00000162. The Labute approximate surface area is 125 Å². The van der Waals surface area contributed by atoms with Crippen LogP contribution in [0.15, 0.2) is 17.3 Å². The van der Waals surface area contributed by atoms with Crippen molar-refractivity contribution < 1.29 is 0 Å². The molecule has 2 N–H and O–H groups in total. The molecule has 0 radical (unpaired) electrons. The van der Waals surface area contributed by atoms with E-state index in [2.05, 4.69) is 39.3 Å². The molecule has 0 aliphatic carbocycles. The van der Waals surface area contributed by atoms with E-state index in [0.717, 1.165) is 31.3 Å². The number of rotatable bonds is 2. The summed E-state index contributed by atoms with van der Waals surface area (Å²) in [6.45, 7) is 7.49. The Hall–Kier alpha value is -0.790. The molecule has 1 aliphatic rings. The Morgan fingerprint density at radius 1 is 1.61 bits per heavy atom. The highest BCUT2D eigenvalue weighted by molar-refractivity contribution is 14.0. The van der Waals surface area contributed by atoms with Gasteiger partial charge in [0.1, 0.15) is 0 Å². The van der Waals surface area contributed by atoms with Crippen molar-refractivity contribution in [3.63, 3.8) is 0 Å². The zero-order chi connectivity index (χ0) is 12.3. The molecule has 0 saturated carbocycles.